The molecule has 0 fully saturated rings. The molecule has 0 saturated heterocycles. The minimum Gasteiger partial charge on any atom is -0.372 e. The summed E-state index contributed by atoms with van der Waals surface area (Å²) >= 11 is 0. The summed E-state index contributed by atoms with van der Waals surface area (Å²) in [5.41, 5.74) is 1.97. The zero-order valence-corrected chi connectivity index (χ0v) is 10.3. The van der Waals surface area contributed by atoms with E-state index in [1.807, 2.05) is 24.3 Å². The predicted molar refractivity (Wildman–Crippen MR) is 72.9 cm³/mol. The molecule has 0 saturated carbocycles. The Labute approximate surface area is 102 Å². The number of nitrogens with zero attached hydrogens (tertiary/aromatic N) is 1. The molecule has 17 heavy (non-hydrogen) atoms. The van der Waals surface area contributed by atoms with Gasteiger partial charge in [0, 0.05) is 29.7 Å². The molecule has 2 heteroatoms. The number of rotatable bonds is 4. The summed E-state index contributed by atoms with van der Waals surface area (Å²) in [6, 6.07) is 12.0. The van der Waals surface area contributed by atoms with E-state index in [4.69, 9.17) is 0 Å². The normalized spacial score (nSPS) is 10.5. The molecule has 0 aliphatic carbocycles. The third kappa shape index (κ3) is 2.03. The van der Waals surface area contributed by atoms with Crippen molar-refractivity contribution >= 4 is 22.7 Å². The van der Waals surface area contributed by atoms with Crippen LogP contribution in [0.15, 0.2) is 36.4 Å². The highest BCUT2D eigenvalue weighted by Gasteiger charge is 2.08. The van der Waals surface area contributed by atoms with Crippen molar-refractivity contribution in [2.45, 2.75) is 13.8 Å². The highest BCUT2D eigenvalue weighted by atomic mass is 16.1. The lowest BCUT2D eigenvalue weighted by atomic mass is 10.0. The maximum absolute atomic E-state index is 11.0. The molecule has 2 aromatic rings. The Hall–Kier alpha value is -1.83. The number of hydrogen-bond acceptors (Lipinski definition) is 2. The molecule has 0 atom stereocenters. The van der Waals surface area contributed by atoms with Gasteiger partial charge in [0.25, 0.3) is 0 Å². The van der Waals surface area contributed by atoms with Crippen LogP contribution in [-0.4, -0.2) is 19.4 Å². The number of aldehydes is 1. The Morgan fingerprint density at radius 1 is 1.00 bits per heavy atom. The minimum absolute atomic E-state index is 0.761. The molecule has 2 rings (SSSR count). The first-order valence-corrected chi connectivity index (χ1v) is 6.03. The number of anilines is 1. The second-order valence-electron chi connectivity index (χ2n) is 4.01. The van der Waals surface area contributed by atoms with Crippen molar-refractivity contribution in [1.29, 1.82) is 0 Å². The molecular weight excluding hydrogens is 210 g/mol. The quantitative estimate of drug-likeness (QED) is 0.745. The fourth-order valence-electron chi connectivity index (χ4n) is 2.26. The molecule has 88 valence electrons. The summed E-state index contributed by atoms with van der Waals surface area (Å²) in [6.45, 7) is 6.24. The van der Waals surface area contributed by atoms with Gasteiger partial charge in [-0.05, 0) is 25.3 Å². The van der Waals surface area contributed by atoms with Crippen LogP contribution in [0, 0.1) is 0 Å². The van der Waals surface area contributed by atoms with Crippen LogP contribution in [0.1, 0.15) is 24.2 Å². The smallest absolute Gasteiger partial charge is 0.150 e. The molecule has 0 spiro atoms. The van der Waals surface area contributed by atoms with Gasteiger partial charge >= 0.3 is 0 Å². The number of fused-ring (bicyclic) bond motifs is 1. The molecule has 2 aromatic carbocycles. The van der Waals surface area contributed by atoms with Crippen LogP contribution in [0.25, 0.3) is 10.8 Å². The average Bonchev–Trinajstić information content (AvgIpc) is 2.39. The average molecular weight is 227 g/mol. The second kappa shape index (κ2) is 5.00. The van der Waals surface area contributed by atoms with Crippen LogP contribution in [0.3, 0.4) is 0 Å². The summed E-state index contributed by atoms with van der Waals surface area (Å²) in [6.07, 6.45) is 0.925. The van der Waals surface area contributed by atoms with Crippen molar-refractivity contribution < 1.29 is 4.79 Å². The van der Waals surface area contributed by atoms with Gasteiger partial charge in [0.2, 0.25) is 0 Å². The zero-order valence-electron chi connectivity index (χ0n) is 10.3. The molecule has 0 N–H and O–H groups in total. The Balaban J connectivity index is 2.69. The first-order valence-electron chi connectivity index (χ1n) is 6.03. The van der Waals surface area contributed by atoms with Gasteiger partial charge in [0.15, 0.2) is 6.29 Å². The molecule has 0 unspecified atom stereocenters. The third-order valence-corrected chi connectivity index (χ3v) is 3.16. The van der Waals surface area contributed by atoms with Gasteiger partial charge in [-0.15, -0.1) is 0 Å². The Kier molecular flexibility index (Phi) is 3.43. The molecule has 0 aromatic heterocycles. The maximum Gasteiger partial charge on any atom is 0.150 e. The van der Waals surface area contributed by atoms with E-state index in [0.29, 0.717) is 0 Å². The lowest BCUT2D eigenvalue weighted by Crippen LogP contribution is -2.21. The maximum atomic E-state index is 11.0. The number of benzene rings is 2. The van der Waals surface area contributed by atoms with E-state index in [1.54, 1.807) is 0 Å². The Bertz CT molecular complexity index is 529. The summed E-state index contributed by atoms with van der Waals surface area (Å²) in [7, 11) is 0. The summed E-state index contributed by atoms with van der Waals surface area (Å²) < 4.78 is 0. The fourth-order valence-corrected chi connectivity index (χ4v) is 2.26. The van der Waals surface area contributed by atoms with Crippen LogP contribution in [0.4, 0.5) is 5.69 Å². The topological polar surface area (TPSA) is 20.3 Å². The van der Waals surface area contributed by atoms with E-state index >= 15 is 0 Å². The summed E-state index contributed by atoms with van der Waals surface area (Å²) in [5.74, 6) is 0. The molecule has 0 bridgehead atoms. The van der Waals surface area contributed by atoms with Crippen molar-refractivity contribution in [3.05, 3.63) is 42.0 Å². The molecular formula is C15H17NO. The summed E-state index contributed by atoms with van der Waals surface area (Å²) in [4.78, 5) is 13.3. The van der Waals surface area contributed by atoms with Gasteiger partial charge in [-0.2, -0.15) is 0 Å². The standard InChI is InChI=1S/C15H17NO/c1-3-16(4-2)15-10-6-8-13-12(11-17)7-5-9-14(13)15/h5-11H,3-4H2,1-2H3. The van der Waals surface area contributed by atoms with Crippen LogP contribution in [-0.2, 0) is 0 Å². The molecule has 2 nitrogen and oxygen atoms in total. The van der Waals surface area contributed by atoms with Crippen molar-refractivity contribution in [3.8, 4) is 0 Å². The SMILES string of the molecule is CCN(CC)c1cccc2c(C=O)cccc12. The molecule has 0 heterocycles. The van der Waals surface area contributed by atoms with Crippen molar-refractivity contribution in [1.82, 2.24) is 0 Å². The van der Waals surface area contributed by atoms with Crippen LogP contribution >= 0.6 is 0 Å². The number of carbonyl (C=O) groups is 1. The van der Waals surface area contributed by atoms with Gasteiger partial charge in [-0.1, -0.05) is 30.3 Å². The van der Waals surface area contributed by atoms with E-state index in [9.17, 15) is 4.79 Å². The zero-order chi connectivity index (χ0) is 12.3. The van der Waals surface area contributed by atoms with Gasteiger partial charge < -0.3 is 4.90 Å². The second-order valence-corrected chi connectivity index (χ2v) is 4.01. The van der Waals surface area contributed by atoms with Gasteiger partial charge in [-0.3, -0.25) is 4.79 Å². The minimum atomic E-state index is 0.761. The first kappa shape index (κ1) is 11.6. The first-order chi connectivity index (χ1) is 8.31. The molecule has 0 aliphatic heterocycles. The Morgan fingerprint density at radius 3 is 2.29 bits per heavy atom. The predicted octanol–water partition coefficient (Wildman–Crippen LogP) is 3.50. The van der Waals surface area contributed by atoms with E-state index in [2.05, 4.69) is 30.9 Å². The largest absolute Gasteiger partial charge is 0.372 e. The Morgan fingerprint density at radius 2 is 1.65 bits per heavy atom. The number of carbonyl (C=O) groups excluding carboxylic acids is 1. The van der Waals surface area contributed by atoms with Crippen molar-refractivity contribution in [2.24, 2.45) is 0 Å². The van der Waals surface area contributed by atoms with E-state index in [1.165, 1.54) is 5.69 Å². The lowest BCUT2D eigenvalue weighted by molar-refractivity contribution is 0.112. The molecule has 0 aliphatic rings. The van der Waals surface area contributed by atoms with Crippen LogP contribution < -0.4 is 4.90 Å². The van der Waals surface area contributed by atoms with Gasteiger partial charge in [-0.25, -0.2) is 0 Å². The fraction of sp³-hybridized carbons (Fsp3) is 0.267. The molecule has 0 amide bonds. The van der Waals surface area contributed by atoms with E-state index < -0.39 is 0 Å². The van der Waals surface area contributed by atoms with Crippen molar-refractivity contribution in [2.75, 3.05) is 18.0 Å². The monoisotopic (exact) mass is 227 g/mol. The van der Waals surface area contributed by atoms with Gasteiger partial charge in [0.1, 0.15) is 0 Å². The van der Waals surface area contributed by atoms with Gasteiger partial charge in [0.05, 0.1) is 0 Å². The summed E-state index contributed by atoms with van der Waals surface area (Å²) in [5, 5.41) is 2.19. The van der Waals surface area contributed by atoms with Crippen LogP contribution in [0.5, 0.6) is 0 Å². The lowest BCUT2D eigenvalue weighted by Gasteiger charge is -2.23. The highest BCUT2D eigenvalue weighted by Crippen LogP contribution is 2.28. The highest BCUT2D eigenvalue weighted by molar-refractivity contribution is 6.03. The third-order valence-electron chi connectivity index (χ3n) is 3.16. The van der Waals surface area contributed by atoms with Crippen LogP contribution in [0.2, 0.25) is 0 Å². The van der Waals surface area contributed by atoms with E-state index in [-0.39, 0.29) is 0 Å². The number of hydrogen-bond donors (Lipinski definition) is 0. The van der Waals surface area contributed by atoms with Crippen molar-refractivity contribution in [3.63, 3.8) is 0 Å². The molecule has 0 radical (unpaired) electrons. The van der Waals surface area contributed by atoms with E-state index in [0.717, 1.165) is 35.7 Å².